The fourth-order valence-corrected chi connectivity index (χ4v) is 4.18. The van der Waals surface area contributed by atoms with Crippen molar-refractivity contribution in [2.24, 2.45) is 16.6 Å². The minimum absolute atomic E-state index is 0.0775. The summed E-state index contributed by atoms with van der Waals surface area (Å²) < 4.78 is 0. The Kier molecular flexibility index (Phi) is 4.69. The summed E-state index contributed by atoms with van der Waals surface area (Å²) in [5, 5.41) is 16.7. The molecule has 2 aliphatic heterocycles. The Balaban J connectivity index is 1.74. The number of rotatable bonds is 7. The lowest BCUT2D eigenvalue weighted by atomic mass is 10.0. The Morgan fingerprint density at radius 2 is 2.14 bits per heavy atom. The van der Waals surface area contributed by atoms with E-state index in [1.54, 1.807) is 22.2 Å². The number of hydrogen-bond donors (Lipinski definition) is 3. The number of primary amides is 1. The lowest BCUT2D eigenvalue weighted by Gasteiger charge is -2.23. The molecule has 28 heavy (non-hydrogen) atoms. The summed E-state index contributed by atoms with van der Waals surface area (Å²) in [7, 11) is 0. The number of thioether (sulfide) groups is 1. The maximum absolute atomic E-state index is 12.3. The zero-order chi connectivity index (χ0) is 20.0. The normalized spacial score (nSPS) is 21.3. The lowest BCUT2D eigenvalue weighted by molar-refractivity contribution is -0.132. The molecule has 145 valence electrons. The van der Waals surface area contributed by atoms with Crippen LogP contribution in [0.4, 0.5) is 5.69 Å². The van der Waals surface area contributed by atoms with Crippen LogP contribution in [0.5, 0.6) is 0 Å². The van der Waals surface area contributed by atoms with Crippen molar-refractivity contribution in [1.29, 1.82) is 0 Å². The third-order valence-electron chi connectivity index (χ3n) is 4.73. The number of fused-ring (bicyclic) bond motifs is 1. The summed E-state index contributed by atoms with van der Waals surface area (Å²) in [5.41, 5.74) is 6.13. The second-order valence-corrected chi connectivity index (χ2v) is 7.92. The van der Waals surface area contributed by atoms with Crippen LogP contribution in [0.2, 0.25) is 0 Å². The molecule has 0 aromatic heterocycles. The fraction of sp³-hybridized carbons (Fsp3) is 0.333. The highest BCUT2D eigenvalue weighted by Gasteiger charge is 2.52. The smallest absolute Gasteiger partial charge is 0.360 e. The molecule has 2 heterocycles. The van der Waals surface area contributed by atoms with Gasteiger partial charge in [-0.1, -0.05) is 0 Å². The summed E-state index contributed by atoms with van der Waals surface area (Å²) in [6.07, 6.45) is 3.80. The first-order chi connectivity index (χ1) is 13.3. The van der Waals surface area contributed by atoms with Crippen molar-refractivity contribution in [3.05, 3.63) is 41.2 Å². The van der Waals surface area contributed by atoms with E-state index in [1.807, 2.05) is 0 Å². The first-order valence-corrected chi connectivity index (χ1v) is 9.70. The number of amidine groups is 1. The summed E-state index contributed by atoms with van der Waals surface area (Å²) in [6, 6.07) is 4.67. The number of carboxylic acids is 1. The second kappa shape index (κ2) is 7.04. The predicted octanol–water partition coefficient (Wildman–Crippen LogP) is 1.18. The van der Waals surface area contributed by atoms with E-state index in [9.17, 15) is 19.5 Å². The summed E-state index contributed by atoms with van der Waals surface area (Å²) in [6.45, 7) is 2.23. The molecule has 4 N–H and O–H groups in total. The van der Waals surface area contributed by atoms with Crippen molar-refractivity contribution in [2.75, 3.05) is 11.6 Å². The van der Waals surface area contributed by atoms with Crippen molar-refractivity contribution >= 4 is 40.3 Å². The maximum Gasteiger partial charge on any atom is 0.360 e. The molecular formula is C18H19N5O4S+. The van der Waals surface area contributed by atoms with Crippen molar-refractivity contribution in [3.63, 3.8) is 0 Å². The maximum atomic E-state index is 12.3. The van der Waals surface area contributed by atoms with Crippen molar-refractivity contribution in [3.8, 4) is 0 Å². The van der Waals surface area contributed by atoms with Crippen LogP contribution in [0, 0.1) is 5.92 Å². The number of nitrogens with one attached hydrogen (secondary N) is 1. The van der Waals surface area contributed by atoms with Crippen molar-refractivity contribution < 1.29 is 19.5 Å². The molecular weight excluding hydrogens is 382 g/mol. The molecule has 1 radical (unpaired) electrons. The number of carbonyl (C=O) groups excluding carboxylic acids is 2. The quantitative estimate of drug-likeness (QED) is 0.462. The molecule has 1 aliphatic carbocycles. The van der Waals surface area contributed by atoms with Crippen LogP contribution in [0.1, 0.15) is 40.5 Å². The topological polar surface area (TPSA) is 131 Å². The zero-order valence-electron chi connectivity index (χ0n) is 15.1. The van der Waals surface area contributed by atoms with Gasteiger partial charge in [-0.15, -0.1) is 5.01 Å². The molecule has 0 spiro atoms. The molecule has 1 amide bonds. The van der Waals surface area contributed by atoms with Gasteiger partial charge in [-0.05, 0) is 43.9 Å². The number of nitrogens with two attached hydrogens (primary N) is 1. The van der Waals surface area contributed by atoms with Crippen molar-refractivity contribution in [1.82, 2.24) is 10.3 Å². The zero-order valence-corrected chi connectivity index (χ0v) is 15.9. The van der Waals surface area contributed by atoms with Gasteiger partial charge < -0.3 is 10.8 Å². The highest BCUT2D eigenvalue weighted by molar-refractivity contribution is 8.14. The SMILES string of the molecule is CC(=O)c1cc(C(N)=O)ccc1N1C(NCC2CC2)SC2=NC(C(=O)O)=C[N+]21. The number of amides is 1. The number of ketones is 1. The third-order valence-corrected chi connectivity index (χ3v) is 5.81. The molecule has 1 saturated heterocycles. The van der Waals surface area contributed by atoms with Gasteiger partial charge in [0, 0.05) is 34.4 Å². The molecule has 9 nitrogen and oxygen atoms in total. The first-order valence-electron chi connectivity index (χ1n) is 8.82. The Labute approximate surface area is 165 Å². The van der Waals surface area contributed by atoms with Crippen molar-refractivity contribution in [2.45, 2.75) is 25.3 Å². The summed E-state index contributed by atoms with van der Waals surface area (Å²) >= 11 is 1.38. The van der Waals surface area contributed by atoms with Crippen LogP contribution in [-0.4, -0.2) is 40.0 Å². The molecule has 1 unspecified atom stereocenters. The standard InChI is InChI=1S/C18H19N5O4S/c1-9(24)12-6-11(15(19)25)4-5-14(12)23-17(20-7-10-2-3-10)28-18-21-13(16(26)27)8-22(18)23/h4-6,8,10,17,20H,2-3,7H2,1H3,(H2,19,25)(H,26,27)/q+1. The minimum atomic E-state index is -1.12. The molecule has 2 fully saturated rings. The van der Waals surface area contributed by atoms with Gasteiger partial charge >= 0.3 is 11.1 Å². The van der Waals surface area contributed by atoms with Gasteiger partial charge in [0.15, 0.2) is 11.3 Å². The Morgan fingerprint density at radius 3 is 2.75 bits per heavy atom. The monoisotopic (exact) mass is 401 g/mol. The number of hydrazine groups is 1. The van der Waals surface area contributed by atoms with Crippen LogP contribution >= 0.6 is 11.8 Å². The summed E-state index contributed by atoms with van der Waals surface area (Å²) in [5.74, 6) is -1.34. The highest BCUT2D eigenvalue weighted by Crippen LogP contribution is 2.38. The predicted molar refractivity (Wildman–Crippen MR) is 105 cm³/mol. The van der Waals surface area contributed by atoms with Crippen LogP contribution in [0.25, 0.3) is 0 Å². The van der Waals surface area contributed by atoms with E-state index >= 15 is 0 Å². The molecule has 0 bridgehead atoms. The van der Waals surface area contributed by atoms with Gasteiger partial charge in [0.05, 0.1) is 0 Å². The van der Waals surface area contributed by atoms with E-state index in [-0.39, 0.29) is 22.5 Å². The molecule has 1 atom stereocenters. The number of benzene rings is 1. The lowest BCUT2D eigenvalue weighted by Crippen LogP contribution is -2.49. The van der Waals surface area contributed by atoms with Gasteiger partial charge in [-0.2, -0.15) is 4.99 Å². The molecule has 4 rings (SSSR count). The van der Waals surface area contributed by atoms with Crippen LogP contribution in [0.3, 0.4) is 0 Å². The number of carbonyl (C=O) groups is 3. The van der Waals surface area contributed by atoms with E-state index in [4.69, 9.17) is 5.73 Å². The molecule has 1 aromatic rings. The number of hydrogen-bond acceptors (Lipinski definition) is 8. The number of carboxylic acid groups (broad SMARTS) is 1. The van der Waals surface area contributed by atoms with Crippen LogP contribution in [0.15, 0.2) is 35.1 Å². The Hall–Kier alpha value is -2.69. The van der Waals surface area contributed by atoms with Gasteiger partial charge in [0.1, 0.15) is 5.69 Å². The van der Waals surface area contributed by atoms with Crippen LogP contribution in [-0.2, 0) is 4.79 Å². The second-order valence-electron chi connectivity index (χ2n) is 6.88. The highest BCUT2D eigenvalue weighted by atomic mass is 32.2. The fourth-order valence-electron chi connectivity index (χ4n) is 3.09. The molecule has 1 saturated carbocycles. The Morgan fingerprint density at radius 1 is 1.39 bits per heavy atom. The molecule has 3 aliphatic rings. The van der Waals surface area contributed by atoms with E-state index in [2.05, 4.69) is 10.3 Å². The van der Waals surface area contributed by atoms with E-state index in [0.29, 0.717) is 22.3 Å². The van der Waals surface area contributed by atoms with E-state index < -0.39 is 11.9 Å². The number of Topliss-reactive ketones (excluding diaryl/α,β-unsaturated/α-hetero) is 1. The minimum Gasteiger partial charge on any atom is -0.476 e. The van der Waals surface area contributed by atoms with Gasteiger partial charge in [0.2, 0.25) is 17.8 Å². The molecule has 10 heteroatoms. The van der Waals surface area contributed by atoms with Gasteiger partial charge in [0.25, 0.3) is 0 Å². The Bertz CT molecular complexity index is 940. The third kappa shape index (κ3) is 3.41. The number of aliphatic carboxylic acids is 1. The van der Waals surface area contributed by atoms with Gasteiger partial charge in [-0.25, -0.2) is 4.79 Å². The molecule has 1 aromatic carbocycles. The first kappa shape index (κ1) is 18.7. The largest absolute Gasteiger partial charge is 0.476 e. The summed E-state index contributed by atoms with van der Waals surface area (Å²) in [4.78, 5) is 39.3. The number of nitrogens with zero attached hydrogens (tertiary/aromatic N) is 3. The van der Waals surface area contributed by atoms with Gasteiger partial charge in [-0.3, -0.25) is 14.9 Å². The number of aliphatic imine (C=N–C) groups is 1. The average molecular weight is 401 g/mol. The van der Waals surface area contributed by atoms with E-state index in [0.717, 1.165) is 6.54 Å². The average Bonchev–Trinajstić information content (AvgIpc) is 3.28. The van der Waals surface area contributed by atoms with Crippen LogP contribution < -0.4 is 21.1 Å². The van der Waals surface area contributed by atoms with E-state index in [1.165, 1.54) is 43.8 Å². The number of anilines is 1.